The molecule has 0 aliphatic carbocycles. The van der Waals surface area contributed by atoms with Crippen LogP contribution >= 0.6 is 23.1 Å². The van der Waals surface area contributed by atoms with Gasteiger partial charge < -0.3 is 10.3 Å². The summed E-state index contributed by atoms with van der Waals surface area (Å²) in [5.74, 6) is 0. The van der Waals surface area contributed by atoms with Gasteiger partial charge in [-0.2, -0.15) is 0 Å². The molecule has 4 aromatic rings. The lowest BCUT2D eigenvalue weighted by Gasteiger charge is -1.98. The van der Waals surface area contributed by atoms with E-state index in [-0.39, 0.29) is 0 Å². The maximum atomic E-state index is 5.81. The summed E-state index contributed by atoms with van der Waals surface area (Å²) in [6.07, 6.45) is 3.60. The fourth-order valence-corrected chi connectivity index (χ4v) is 4.25. The Hall–Kier alpha value is -2.12. The molecule has 0 amide bonds. The molecule has 0 radical (unpaired) electrons. The summed E-state index contributed by atoms with van der Waals surface area (Å²) in [4.78, 5) is 13.5. The van der Waals surface area contributed by atoms with Crippen molar-refractivity contribution in [2.75, 3.05) is 5.73 Å². The molecule has 1 aromatic carbocycles. The first-order chi connectivity index (χ1) is 10.2. The lowest BCUT2D eigenvalue weighted by atomic mass is 10.3. The number of aryl methyl sites for hydroxylation is 1. The van der Waals surface area contributed by atoms with Crippen molar-refractivity contribution >= 4 is 50.0 Å². The number of rotatable bonds is 2. The first-order valence-corrected chi connectivity index (χ1v) is 7.94. The van der Waals surface area contributed by atoms with Crippen LogP contribution in [-0.4, -0.2) is 19.5 Å². The van der Waals surface area contributed by atoms with E-state index >= 15 is 0 Å². The quantitative estimate of drug-likeness (QED) is 0.575. The largest absolute Gasteiger partial charge is 0.399 e. The molecule has 3 aromatic heterocycles. The van der Waals surface area contributed by atoms with Crippen molar-refractivity contribution in [3.63, 3.8) is 0 Å². The summed E-state index contributed by atoms with van der Waals surface area (Å²) in [7, 11) is 1.98. The van der Waals surface area contributed by atoms with Crippen LogP contribution in [0.3, 0.4) is 0 Å². The van der Waals surface area contributed by atoms with E-state index in [1.165, 1.54) is 0 Å². The SMILES string of the molecule is Cn1cnc2c(Sc3nc4ccc(N)cc4s3)nccc21. The average molecular weight is 313 g/mol. The number of benzene rings is 1. The zero-order valence-corrected chi connectivity index (χ0v) is 12.8. The number of aromatic nitrogens is 4. The summed E-state index contributed by atoms with van der Waals surface area (Å²) < 4.78 is 4.02. The molecule has 0 fully saturated rings. The zero-order valence-electron chi connectivity index (χ0n) is 11.1. The van der Waals surface area contributed by atoms with Gasteiger partial charge in [0.15, 0.2) is 4.34 Å². The summed E-state index contributed by atoms with van der Waals surface area (Å²) in [5.41, 5.74) is 9.50. The van der Waals surface area contributed by atoms with Crippen LogP contribution in [0, 0.1) is 0 Å². The Bertz CT molecular complexity index is 956. The van der Waals surface area contributed by atoms with Crippen LogP contribution in [-0.2, 0) is 7.05 Å². The monoisotopic (exact) mass is 313 g/mol. The predicted molar refractivity (Wildman–Crippen MR) is 86.7 cm³/mol. The number of nitrogens with two attached hydrogens (primary N) is 1. The van der Waals surface area contributed by atoms with Gasteiger partial charge in [-0.3, -0.25) is 0 Å². The van der Waals surface area contributed by atoms with Crippen molar-refractivity contribution in [3.8, 4) is 0 Å². The number of pyridine rings is 1. The molecule has 0 saturated heterocycles. The van der Waals surface area contributed by atoms with E-state index in [2.05, 4.69) is 15.0 Å². The molecule has 0 saturated carbocycles. The molecule has 0 spiro atoms. The summed E-state index contributed by atoms with van der Waals surface area (Å²) in [5, 5.41) is 0.875. The van der Waals surface area contributed by atoms with E-state index in [0.29, 0.717) is 0 Å². The highest BCUT2D eigenvalue weighted by Gasteiger charge is 2.11. The number of hydrogen-bond acceptors (Lipinski definition) is 6. The molecule has 4 rings (SSSR count). The maximum absolute atomic E-state index is 5.81. The first kappa shape index (κ1) is 12.6. The number of anilines is 1. The minimum Gasteiger partial charge on any atom is -0.399 e. The van der Waals surface area contributed by atoms with E-state index in [0.717, 1.165) is 36.3 Å². The zero-order chi connectivity index (χ0) is 14.4. The van der Waals surface area contributed by atoms with Gasteiger partial charge in [0.25, 0.3) is 0 Å². The third kappa shape index (κ3) is 2.14. The maximum Gasteiger partial charge on any atom is 0.157 e. The number of imidazole rings is 1. The Balaban J connectivity index is 1.79. The highest BCUT2D eigenvalue weighted by molar-refractivity contribution is 8.01. The second-order valence-corrected chi connectivity index (χ2v) is 6.91. The van der Waals surface area contributed by atoms with Crippen LogP contribution in [0.4, 0.5) is 5.69 Å². The second kappa shape index (κ2) is 4.71. The van der Waals surface area contributed by atoms with Crippen LogP contribution in [0.1, 0.15) is 0 Å². The Morgan fingerprint density at radius 2 is 2.14 bits per heavy atom. The molecule has 0 aliphatic rings. The lowest BCUT2D eigenvalue weighted by molar-refractivity contribution is 0.947. The third-order valence-electron chi connectivity index (χ3n) is 3.19. The van der Waals surface area contributed by atoms with Gasteiger partial charge in [0.2, 0.25) is 0 Å². The molecule has 0 aliphatic heterocycles. The first-order valence-electron chi connectivity index (χ1n) is 6.31. The molecule has 2 N–H and O–H groups in total. The minimum absolute atomic E-state index is 0.757. The Kier molecular flexibility index (Phi) is 2.83. The highest BCUT2D eigenvalue weighted by atomic mass is 32.2. The molecule has 104 valence electrons. The van der Waals surface area contributed by atoms with Crippen molar-refractivity contribution < 1.29 is 0 Å². The van der Waals surface area contributed by atoms with Crippen molar-refractivity contribution in [1.82, 2.24) is 19.5 Å². The topological polar surface area (TPSA) is 69.6 Å². The van der Waals surface area contributed by atoms with Crippen molar-refractivity contribution in [2.45, 2.75) is 9.37 Å². The van der Waals surface area contributed by atoms with Gasteiger partial charge in [0, 0.05) is 18.9 Å². The van der Waals surface area contributed by atoms with E-state index in [1.54, 1.807) is 35.6 Å². The van der Waals surface area contributed by atoms with Crippen molar-refractivity contribution in [1.29, 1.82) is 0 Å². The van der Waals surface area contributed by atoms with E-state index in [1.807, 2.05) is 35.9 Å². The molecule has 7 heteroatoms. The number of hydrogen-bond donors (Lipinski definition) is 1. The highest BCUT2D eigenvalue weighted by Crippen LogP contribution is 2.36. The lowest BCUT2D eigenvalue weighted by Crippen LogP contribution is -1.86. The minimum atomic E-state index is 0.757. The number of fused-ring (bicyclic) bond motifs is 2. The molecule has 0 unspecified atom stereocenters. The second-order valence-electron chi connectivity index (χ2n) is 4.65. The molecule has 0 bridgehead atoms. The number of nitrogen functional groups attached to an aromatic ring is 1. The fourth-order valence-electron chi connectivity index (χ4n) is 2.16. The van der Waals surface area contributed by atoms with Crippen LogP contribution in [0.25, 0.3) is 21.3 Å². The van der Waals surface area contributed by atoms with Gasteiger partial charge in [0.1, 0.15) is 10.5 Å². The average Bonchev–Trinajstić information content (AvgIpc) is 3.03. The molecule has 3 heterocycles. The van der Waals surface area contributed by atoms with Crippen LogP contribution in [0.2, 0.25) is 0 Å². The van der Waals surface area contributed by atoms with E-state index in [4.69, 9.17) is 5.73 Å². The molecular formula is C14H11N5S2. The molecule has 21 heavy (non-hydrogen) atoms. The molecular weight excluding hydrogens is 302 g/mol. The number of nitrogens with zero attached hydrogens (tertiary/aromatic N) is 4. The van der Waals surface area contributed by atoms with Crippen molar-refractivity contribution in [2.24, 2.45) is 7.05 Å². The van der Waals surface area contributed by atoms with Gasteiger partial charge in [-0.15, -0.1) is 11.3 Å². The molecule has 0 atom stereocenters. The standard InChI is InChI=1S/C14H11N5S2/c1-19-7-17-12-10(19)4-5-16-13(12)21-14-18-9-3-2-8(15)6-11(9)20-14/h2-7H,15H2,1H3. The summed E-state index contributed by atoms with van der Waals surface area (Å²) >= 11 is 3.16. The number of thiazole rings is 1. The fraction of sp³-hybridized carbons (Fsp3) is 0.0714. The smallest absolute Gasteiger partial charge is 0.157 e. The van der Waals surface area contributed by atoms with Crippen LogP contribution < -0.4 is 5.73 Å². The Labute approximate surface area is 128 Å². The van der Waals surface area contributed by atoms with Crippen LogP contribution in [0.15, 0.2) is 46.2 Å². The summed E-state index contributed by atoms with van der Waals surface area (Å²) in [6.45, 7) is 0. The van der Waals surface area contributed by atoms with E-state index in [9.17, 15) is 0 Å². The van der Waals surface area contributed by atoms with Crippen molar-refractivity contribution in [3.05, 3.63) is 36.8 Å². The molecule has 5 nitrogen and oxygen atoms in total. The normalized spacial score (nSPS) is 11.5. The van der Waals surface area contributed by atoms with Gasteiger partial charge in [-0.25, -0.2) is 15.0 Å². The van der Waals surface area contributed by atoms with Gasteiger partial charge in [-0.05, 0) is 36.0 Å². The summed E-state index contributed by atoms with van der Waals surface area (Å²) in [6, 6.07) is 7.73. The van der Waals surface area contributed by atoms with Crippen LogP contribution in [0.5, 0.6) is 0 Å². The predicted octanol–water partition coefficient (Wildman–Crippen LogP) is 3.31. The van der Waals surface area contributed by atoms with E-state index < -0.39 is 0 Å². The third-order valence-corrected chi connectivity index (χ3v) is 5.26. The van der Waals surface area contributed by atoms with Gasteiger partial charge in [-0.1, -0.05) is 0 Å². The van der Waals surface area contributed by atoms with Gasteiger partial charge >= 0.3 is 0 Å². The Morgan fingerprint density at radius 1 is 1.24 bits per heavy atom. The van der Waals surface area contributed by atoms with Gasteiger partial charge in [0.05, 0.1) is 22.1 Å². The Morgan fingerprint density at radius 3 is 3.05 bits per heavy atom.